The summed E-state index contributed by atoms with van der Waals surface area (Å²) in [7, 11) is 1.69. The molecular formula is C23H35N5O3. The maximum absolute atomic E-state index is 13.4. The summed E-state index contributed by atoms with van der Waals surface area (Å²) in [6, 6.07) is 0.323. The highest BCUT2D eigenvalue weighted by Crippen LogP contribution is 2.45. The SMILES string of the molecule is CCOCCn1c(=O)c2c(nc3n([C@H]4C[C@H](C)CC(C)(C)C4)c(C)c(C)n23)n(C)c1=O. The fourth-order valence-corrected chi connectivity index (χ4v) is 5.70. The predicted molar refractivity (Wildman–Crippen MR) is 122 cm³/mol. The average molecular weight is 430 g/mol. The first-order chi connectivity index (χ1) is 14.6. The van der Waals surface area contributed by atoms with Gasteiger partial charge in [0, 0.05) is 31.1 Å². The maximum Gasteiger partial charge on any atom is 0.332 e. The van der Waals surface area contributed by atoms with Crippen molar-refractivity contribution in [2.45, 2.75) is 73.4 Å². The zero-order valence-electron chi connectivity index (χ0n) is 19.9. The van der Waals surface area contributed by atoms with E-state index in [-0.39, 0.29) is 23.2 Å². The van der Waals surface area contributed by atoms with Crippen LogP contribution in [0.2, 0.25) is 0 Å². The molecule has 0 saturated heterocycles. The van der Waals surface area contributed by atoms with E-state index in [9.17, 15) is 9.59 Å². The minimum Gasteiger partial charge on any atom is -0.380 e. The maximum atomic E-state index is 13.4. The lowest BCUT2D eigenvalue weighted by atomic mass is 9.70. The Balaban J connectivity index is 1.97. The van der Waals surface area contributed by atoms with Crippen LogP contribution in [0.3, 0.4) is 0 Å². The number of imidazole rings is 2. The molecule has 3 heterocycles. The zero-order chi connectivity index (χ0) is 22.7. The number of fused-ring (bicyclic) bond motifs is 3. The van der Waals surface area contributed by atoms with Crippen LogP contribution in [0.5, 0.6) is 0 Å². The van der Waals surface area contributed by atoms with Crippen LogP contribution in [0.4, 0.5) is 0 Å². The van der Waals surface area contributed by atoms with Crippen molar-refractivity contribution in [3.05, 3.63) is 32.2 Å². The standard InChI is InChI=1S/C23H35N5O3/c1-8-31-10-9-26-20(29)18-19(25(7)22(26)30)24-21-27(15(3)16(4)28(18)21)17-11-14(2)12-23(5,6)13-17/h14,17H,8-13H2,1-7H3/t14-,17-/m0/s1. The molecule has 0 bridgehead atoms. The van der Waals surface area contributed by atoms with Crippen molar-refractivity contribution in [3.63, 3.8) is 0 Å². The molecule has 0 amide bonds. The second kappa shape index (κ2) is 7.65. The minimum absolute atomic E-state index is 0.232. The molecule has 3 aromatic rings. The van der Waals surface area contributed by atoms with E-state index < -0.39 is 0 Å². The molecule has 0 aromatic carbocycles. The highest BCUT2D eigenvalue weighted by Gasteiger charge is 2.35. The van der Waals surface area contributed by atoms with E-state index >= 15 is 0 Å². The lowest BCUT2D eigenvalue weighted by molar-refractivity contribution is 0.137. The van der Waals surface area contributed by atoms with Crippen molar-refractivity contribution in [1.82, 2.24) is 23.1 Å². The van der Waals surface area contributed by atoms with Crippen LogP contribution in [-0.4, -0.2) is 36.3 Å². The Labute approximate surface area is 182 Å². The van der Waals surface area contributed by atoms with Gasteiger partial charge in [-0.25, -0.2) is 4.79 Å². The van der Waals surface area contributed by atoms with Crippen LogP contribution < -0.4 is 11.2 Å². The summed E-state index contributed by atoms with van der Waals surface area (Å²) in [5.41, 5.74) is 2.64. The highest BCUT2D eigenvalue weighted by atomic mass is 16.5. The number of hydrogen-bond donors (Lipinski definition) is 0. The Morgan fingerprint density at radius 2 is 1.87 bits per heavy atom. The largest absolute Gasteiger partial charge is 0.380 e. The van der Waals surface area contributed by atoms with E-state index in [2.05, 4.69) is 32.3 Å². The number of aromatic nitrogens is 5. The molecule has 31 heavy (non-hydrogen) atoms. The van der Waals surface area contributed by atoms with Crippen LogP contribution in [0.15, 0.2) is 9.59 Å². The number of nitrogens with zero attached hydrogens (tertiary/aromatic N) is 5. The summed E-state index contributed by atoms with van der Waals surface area (Å²) in [5, 5.41) is 0. The number of ether oxygens (including phenoxy) is 1. The molecule has 1 aliphatic carbocycles. The first kappa shape index (κ1) is 21.9. The molecule has 1 aliphatic rings. The van der Waals surface area contributed by atoms with Crippen LogP contribution in [0, 0.1) is 25.2 Å². The molecule has 0 N–H and O–H groups in total. The highest BCUT2D eigenvalue weighted by molar-refractivity contribution is 5.76. The predicted octanol–water partition coefficient (Wildman–Crippen LogP) is 3.19. The Morgan fingerprint density at radius 1 is 1.16 bits per heavy atom. The molecule has 1 fully saturated rings. The third kappa shape index (κ3) is 3.45. The second-order valence-electron chi connectivity index (χ2n) is 10.0. The Morgan fingerprint density at radius 3 is 2.52 bits per heavy atom. The van der Waals surface area contributed by atoms with Crippen LogP contribution >= 0.6 is 0 Å². The van der Waals surface area contributed by atoms with E-state index in [1.165, 1.54) is 15.6 Å². The molecule has 0 spiro atoms. The first-order valence-electron chi connectivity index (χ1n) is 11.3. The van der Waals surface area contributed by atoms with Crippen LogP contribution in [0.25, 0.3) is 16.9 Å². The van der Waals surface area contributed by atoms with Gasteiger partial charge in [-0.2, -0.15) is 4.98 Å². The van der Waals surface area contributed by atoms with E-state index in [4.69, 9.17) is 9.72 Å². The van der Waals surface area contributed by atoms with Crippen LogP contribution in [-0.2, 0) is 18.3 Å². The van der Waals surface area contributed by atoms with Crippen molar-refractivity contribution in [2.24, 2.45) is 18.4 Å². The fourth-order valence-electron chi connectivity index (χ4n) is 5.70. The van der Waals surface area contributed by atoms with Gasteiger partial charge in [-0.15, -0.1) is 0 Å². The molecule has 2 atom stereocenters. The molecule has 8 heteroatoms. The molecule has 170 valence electrons. The van der Waals surface area contributed by atoms with Gasteiger partial charge in [0.25, 0.3) is 5.56 Å². The summed E-state index contributed by atoms with van der Waals surface area (Å²) in [6.45, 7) is 14.1. The van der Waals surface area contributed by atoms with Crippen molar-refractivity contribution in [1.29, 1.82) is 0 Å². The quantitative estimate of drug-likeness (QED) is 0.584. The van der Waals surface area contributed by atoms with Gasteiger partial charge < -0.3 is 9.30 Å². The van der Waals surface area contributed by atoms with E-state index in [0.717, 1.165) is 30.0 Å². The van der Waals surface area contributed by atoms with Gasteiger partial charge in [0.1, 0.15) is 0 Å². The van der Waals surface area contributed by atoms with Crippen molar-refractivity contribution in [3.8, 4) is 0 Å². The van der Waals surface area contributed by atoms with Crippen LogP contribution in [0.1, 0.15) is 64.4 Å². The van der Waals surface area contributed by atoms with Gasteiger partial charge in [-0.1, -0.05) is 20.8 Å². The number of rotatable bonds is 5. The number of hydrogen-bond acceptors (Lipinski definition) is 4. The molecule has 0 aliphatic heterocycles. The molecule has 3 aromatic heterocycles. The Bertz CT molecular complexity index is 1260. The summed E-state index contributed by atoms with van der Waals surface area (Å²) >= 11 is 0. The van der Waals surface area contributed by atoms with E-state index in [0.29, 0.717) is 36.3 Å². The molecule has 8 nitrogen and oxygen atoms in total. The van der Waals surface area contributed by atoms with Gasteiger partial charge in [-0.05, 0) is 51.4 Å². The van der Waals surface area contributed by atoms with Gasteiger partial charge in [-0.3, -0.25) is 18.3 Å². The second-order valence-corrected chi connectivity index (χ2v) is 10.0. The van der Waals surface area contributed by atoms with Gasteiger partial charge in [0.15, 0.2) is 11.2 Å². The van der Waals surface area contributed by atoms with Crippen molar-refractivity contribution >= 4 is 16.9 Å². The average Bonchev–Trinajstić information content (AvgIpc) is 3.17. The zero-order valence-corrected chi connectivity index (χ0v) is 19.9. The fraction of sp³-hybridized carbons (Fsp3) is 0.696. The Kier molecular flexibility index (Phi) is 5.40. The minimum atomic E-state index is -0.355. The van der Waals surface area contributed by atoms with Crippen molar-refractivity contribution in [2.75, 3.05) is 13.2 Å². The summed E-state index contributed by atoms with van der Waals surface area (Å²) in [4.78, 5) is 31.1. The summed E-state index contributed by atoms with van der Waals surface area (Å²) in [5.74, 6) is 1.38. The number of aryl methyl sites for hydroxylation is 2. The molecule has 4 rings (SSSR count). The lowest BCUT2D eigenvalue weighted by Crippen LogP contribution is -2.40. The van der Waals surface area contributed by atoms with Crippen molar-refractivity contribution < 1.29 is 4.74 Å². The normalized spacial score (nSPS) is 21.4. The van der Waals surface area contributed by atoms with E-state index in [1.54, 1.807) is 7.05 Å². The molecule has 1 saturated carbocycles. The third-order valence-corrected chi connectivity index (χ3v) is 6.95. The smallest absolute Gasteiger partial charge is 0.332 e. The first-order valence-corrected chi connectivity index (χ1v) is 11.3. The Hall–Kier alpha value is -2.35. The van der Waals surface area contributed by atoms with Gasteiger partial charge >= 0.3 is 5.69 Å². The third-order valence-electron chi connectivity index (χ3n) is 6.95. The molecule has 0 radical (unpaired) electrons. The monoisotopic (exact) mass is 429 g/mol. The molecular weight excluding hydrogens is 394 g/mol. The lowest BCUT2D eigenvalue weighted by Gasteiger charge is -2.40. The van der Waals surface area contributed by atoms with Gasteiger partial charge in [0.2, 0.25) is 5.78 Å². The van der Waals surface area contributed by atoms with Gasteiger partial charge in [0.05, 0.1) is 13.2 Å². The summed E-state index contributed by atoms with van der Waals surface area (Å²) in [6.07, 6.45) is 3.38. The topological polar surface area (TPSA) is 75.5 Å². The van der Waals surface area contributed by atoms with E-state index in [1.807, 2.05) is 18.2 Å². The summed E-state index contributed by atoms with van der Waals surface area (Å²) < 4.78 is 12.4. The molecule has 0 unspecified atom stereocenters.